The lowest BCUT2D eigenvalue weighted by molar-refractivity contribution is -0.140. The minimum Gasteiger partial charge on any atom is -0.493 e. The third-order valence-electron chi connectivity index (χ3n) is 5.39. The lowest BCUT2D eigenvalue weighted by Crippen LogP contribution is -2.30. The molecule has 0 aromatic heterocycles. The summed E-state index contributed by atoms with van der Waals surface area (Å²) in [6.45, 7) is 7.12. The summed E-state index contributed by atoms with van der Waals surface area (Å²) in [6.07, 6.45) is 1.83. The van der Waals surface area contributed by atoms with Crippen molar-refractivity contribution in [2.45, 2.75) is 39.2 Å². The quantitative estimate of drug-likeness (QED) is 0.213. The van der Waals surface area contributed by atoms with Gasteiger partial charge in [0.15, 0.2) is 11.5 Å². The Morgan fingerprint density at radius 1 is 1.17 bits per heavy atom. The summed E-state index contributed by atoms with van der Waals surface area (Å²) in [7, 11) is 2.89. The molecule has 1 saturated heterocycles. The molecule has 1 aliphatic rings. The lowest BCUT2D eigenvalue weighted by Gasteiger charge is -2.19. The zero-order valence-electron chi connectivity index (χ0n) is 20.3. The smallest absolute Gasteiger partial charge is 0.307 e. The number of amides is 1. The Morgan fingerprint density at radius 3 is 2.46 bits per heavy atom. The molecule has 186 valence electrons. The average Bonchev–Trinajstić information content (AvgIpc) is 3.08. The van der Waals surface area contributed by atoms with Gasteiger partial charge in [-0.15, -0.1) is 0 Å². The van der Waals surface area contributed by atoms with Gasteiger partial charge in [-0.05, 0) is 56.2 Å². The zero-order valence-corrected chi connectivity index (χ0v) is 23.6. The number of nitrogens with zero attached hydrogens (tertiary/aromatic N) is 1. The maximum atomic E-state index is 12.8. The van der Waals surface area contributed by atoms with Crippen molar-refractivity contribution in [1.82, 2.24) is 4.90 Å². The van der Waals surface area contributed by atoms with E-state index in [1.54, 1.807) is 13.2 Å². The van der Waals surface area contributed by atoms with Gasteiger partial charge in [-0.1, -0.05) is 69.0 Å². The van der Waals surface area contributed by atoms with E-state index in [0.29, 0.717) is 31.8 Å². The Kier molecular flexibility index (Phi) is 9.01. The monoisotopic (exact) mass is 577 g/mol. The first kappa shape index (κ1) is 27.2. The van der Waals surface area contributed by atoms with Crippen LogP contribution in [0.4, 0.5) is 0 Å². The molecule has 0 aliphatic carbocycles. The normalized spacial score (nSPS) is 15.0. The molecule has 1 fully saturated rings. The molecule has 6 nitrogen and oxygen atoms in total. The third-order valence-corrected chi connectivity index (χ3v) is 7.36. The van der Waals surface area contributed by atoms with Crippen molar-refractivity contribution in [3.05, 3.63) is 62.5 Å². The molecular formula is C26H28BrNO5S2. The molecule has 1 amide bonds. The highest BCUT2D eigenvalue weighted by molar-refractivity contribution is 9.10. The lowest BCUT2D eigenvalue weighted by atomic mass is 9.87. The molecule has 9 heteroatoms. The molecule has 3 rings (SSSR count). The highest BCUT2D eigenvalue weighted by Gasteiger charge is 2.32. The van der Waals surface area contributed by atoms with Crippen molar-refractivity contribution in [2.75, 3.05) is 20.8 Å². The average molecular weight is 579 g/mol. The number of benzene rings is 2. The Labute approximate surface area is 224 Å². The SMILES string of the molecule is COC(=O)CCN1C(=O)/C(=C\c2cc(Br)c(OCc3ccc(C(C)(C)C)cc3)c(OC)c2)SC1=S. The Morgan fingerprint density at radius 2 is 1.86 bits per heavy atom. The summed E-state index contributed by atoms with van der Waals surface area (Å²) in [5.74, 6) is 0.490. The molecular weight excluding hydrogens is 550 g/mol. The second-order valence-corrected chi connectivity index (χ2v) is 11.5. The summed E-state index contributed by atoms with van der Waals surface area (Å²) in [5.41, 5.74) is 3.16. The van der Waals surface area contributed by atoms with Crippen molar-refractivity contribution in [1.29, 1.82) is 0 Å². The van der Waals surface area contributed by atoms with E-state index in [-0.39, 0.29) is 24.3 Å². The Bertz CT molecular complexity index is 1160. The minimum atomic E-state index is -0.391. The third kappa shape index (κ3) is 6.86. The van der Waals surface area contributed by atoms with E-state index in [4.69, 9.17) is 21.7 Å². The van der Waals surface area contributed by atoms with Crippen LogP contribution in [-0.4, -0.2) is 41.9 Å². The molecule has 2 aromatic rings. The number of thioether (sulfide) groups is 1. The molecule has 2 aromatic carbocycles. The highest BCUT2D eigenvalue weighted by atomic mass is 79.9. The summed E-state index contributed by atoms with van der Waals surface area (Å²) in [6, 6.07) is 12.0. The van der Waals surface area contributed by atoms with Crippen molar-refractivity contribution >= 4 is 62.2 Å². The number of carbonyl (C=O) groups is 2. The molecule has 0 radical (unpaired) electrons. The molecule has 1 heterocycles. The van der Waals surface area contributed by atoms with Crippen LogP contribution in [0.1, 0.15) is 43.9 Å². The number of ether oxygens (including phenoxy) is 3. The standard InChI is InChI=1S/C26H28BrNO5S2/c1-26(2,3)18-8-6-16(7-9-18)15-33-23-19(27)12-17(13-20(23)31-4)14-21-24(30)28(25(34)35-21)11-10-22(29)32-5/h6-9,12-14H,10-11,15H2,1-5H3/b21-14+. The molecule has 0 saturated carbocycles. The van der Waals surface area contributed by atoms with Crippen LogP contribution < -0.4 is 9.47 Å². The molecule has 0 spiro atoms. The predicted octanol–water partition coefficient (Wildman–Crippen LogP) is 6.10. The van der Waals surface area contributed by atoms with E-state index in [9.17, 15) is 9.59 Å². The van der Waals surface area contributed by atoms with Crippen LogP contribution in [0, 0.1) is 0 Å². The van der Waals surface area contributed by atoms with Crippen molar-refractivity contribution in [3.8, 4) is 11.5 Å². The van der Waals surface area contributed by atoms with Gasteiger partial charge >= 0.3 is 5.97 Å². The van der Waals surface area contributed by atoms with Gasteiger partial charge < -0.3 is 14.2 Å². The van der Waals surface area contributed by atoms with Crippen LogP contribution in [-0.2, 0) is 26.3 Å². The first-order chi connectivity index (χ1) is 16.5. The molecule has 0 atom stereocenters. The number of thiocarbonyl (C=S) groups is 1. The minimum absolute atomic E-state index is 0.0839. The van der Waals surface area contributed by atoms with Crippen LogP contribution in [0.25, 0.3) is 6.08 Å². The predicted molar refractivity (Wildman–Crippen MR) is 147 cm³/mol. The number of hydrogen-bond acceptors (Lipinski definition) is 7. The van der Waals surface area contributed by atoms with E-state index in [1.165, 1.54) is 29.3 Å². The summed E-state index contributed by atoms with van der Waals surface area (Å²) < 4.78 is 17.4. The first-order valence-electron chi connectivity index (χ1n) is 11.0. The number of hydrogen-bond donors (Lipinski definition) is 0. The van der Waals surface area contributed by atoms with Gasteiger partial charge in [0.2, 0.25) is 0 Å². The van der Waals surface area contributed by atoms with Gasteiger partial charge in [0, 0.05) is 6.54 Å². The number of rotatable bonds is 8. The van der Waals surface area contributed by atoms with E-state index in [1.807, 2.05) is 12.1 Å². The fourth-order valence-corrected chi connectivity index (χ4v) is 5.25. The topological polar surface area (TPSA) is 65.1 Å². The van der Waals surface area contributed by atoms with Gasteiger partial charge in [-0.3, -0.25) is 14.5 Å². The van der Waals surface area contributed by atoms with Crippen molar-refractivity contribution in [3.63, 3.8) is 0 Å². The zero-order chi connectivity index (χ0) is 25.8. The Hall–Kier alpha value is -2.36. The van der Waals surface area contributed by atoms with Gasteiger partial charge in [-0.2, -0.15) is 0 Å². The number of methoxy groups -OCH3 is 2. The number of carbonyl (C=O) groups excluding carboxylic acids is 2. The second kappa shape index (κ2) is 11.6. The molecule has 35 heavy (non-hydrogen) atoms. The van der Waals surface area contributed by atoms with Crippen molar-refractivity contribution < 1.29 is 23.8 Å². The van der Waals surface area contributed by atoms with E-state index >= 15 is 0 Å². The molecule has 0 unspecified atom stereocenters. The summed E-state index contributed by atoms with van der Waals surface area (Å²) in [4.78, 5) is 26.1. The van der Waals surface area contributed by atoms with Crippen LogP contribution in [0.3, 0.4) is 0 Å². The van der Waals surface area contributed by atoms with Crippen molar-refractivity contribution in [2.24, 2.45) is 0 Å². The molecule has 0 bridgehead atoms. The van der Waals surface area contributed by atoms with Gasteiger partial charge in [0.25, 0.3) is 5.91 Å². The van der Waals surface area contributed by atoms with Crippen LogP contribution in [0.2, 0.25) is 0 Å². The van der Waals surface area contributed by atoms with E-state index < -0.39 is 5.97 Å². The van der Waals surface area contributed by atoms with Gasteiger partial charge in [0.05, 0.1) is 30.0 Å². The maximum absolute atomic E-state index is 12.8. The molecule has 1 aliphatic heterocycles. The number of esters is 1. The van der Waals surface area contributed by atoms with Gasteiger partial charge in [0.1, 0.15) is 10.9 Å². The van der Waals surface area contributed by atoms with Crippen LogP contribution in [0.5, 0.6) is 11.5 Å². The maximum Gasteiger partial charge on any atom is 0.307 e. The number of halogens is 1. The first-order valence-corrected chi connectivity index (χ1v) is 13.0. The second-order valence-electron chi connectivity index (χ2n) is 8.93. The highest BCUT2D eigenvalue weighted by Crippen LogP contribution is 2.39. The van der Waals surface area contributed by atoms with E-state index in [2.05, 4.69) is 65.7 Å². The van der Waals surface area contributed by atoms with Crippen LogP contribution >= 0.6 is 39.9 Å². The summed E-state index contributed by atoms with van der Waals surface area (Å²) >= 11 is 10.1. The summed E-state index contributed by atoms with van der Waals surface area (Å²) in [5, 5.41) is 0. The fraction of sp³-hybridized carbons (Fsp3) is 0.346. The van der Waals surface area contributed by atoms with Crippen LogP contribution in [0.15, 0.2) is 45.8 Å². The largest absolute Gasteiger partial charge is 0.493 e. The van der Waals surface area contributed by atoms with Gasteiger partial charge in [-0.25, -0.2) is 0 Å². The molecule has 0 N–H and O–H groups in total. The Balaban J connectivity index is 1.75. The fourth-order valence-electron chi connectivity index (χ4n) is 3.37. The van der Waals surface area contributed by atoms with E-state index in [0.717, 1.165) is 11.1 Å².